The van der Waals surface area contributed by atoms with Crippen molar-refractivity contribution in [2.45, 2.75) is 130 Å². The van der Waals surface area contributed by atoms with Crippen LogP contribution in [0.5, 0.6) is 5.75 Å². The molecule has 9 nitrogen and oxygen atoms in total. The Morgan fingerprint density at radius 2 is 1.78 bits per heavy atom. The number of aliphatic hydroxyl groups excluding tert-OH is 1. The van der Waals surface area contributed by atoms with E-state index < -0.39 is 23.8 Å². The molecule has 2 aliphatic rings. The Kier molecular flexibility index (Phi) is 15.0. The average Bonchev–Trinajstić information content (AvgIpc) is 2.98. The molecule has 0 bridgehead atoms. The van der Waals surface area contributed by atoms with Gasteiger partial charge in [-0.25, -0.2) is 4.79 Å². The van der Waals surface area contributed by atoms with Gasteiger partial charge in [-0.15, -0.1) is 0 Å². The fourth-order valence-corrected chi connectivity index (χ4v) is 6.73. The average molecular weight is 646 g/mol. The van der Waals surface area contributed by atoms with Crippen molar-refractivity contribution < 1.29 is 28.9 Å². The van der Waals surface area contributed by atoms with Crippen LogP contribution < -0.4 is 20.3 Å². The zero-order chi connectivity index (χ0) is 33.9. The van der Waals surface area contributed by atoms with Gasteiger partial charge in [0, 0.05) is 32.2 Å². The lowest BCUT2D eigenvalue weighted by atomic mass is 9.80. The van der Waals surface area contributed by atoms with Gasteiger partial charge in [0.15, 0.2) is 0 Å². The third-order valence-corrected chi connectivity index (χ3v) is 9.51. The molecular formula is C37H63N3O6. The van der Waals surface area contributed by atoms with E-state index in [0.717, 1.165) is 69.7 Å². The van der Waals surface area contributed by atoms with E-state index in [1.54, 1.807) is 7.11 Å². The predicted octanol–water partition coefficient (Wildman–Crippen LogP) is 6.49. The van der Waals surface area contributed by atoms with Crippen molar-refractivity contribution in [3.63, 3.8) is 0 Å². The summed E-state index contributed by atoms with van der Waals surface area (Å²) in [5.41, 5.74) is 1.63. The third-order valence-electron chi connectivity index (χ3n) is 9.51. The Balaban J connectivity index is 1.79. The fourth-order valence-electron chi connectivity index (χ4n) is 6.73. The summed E-state index contributed by atoms with van der Waals surface area (Å²) in [6.45, 7) is 17.1. The van der Waals surface area contributed by atoms with Crippen LogP contribution in [0.3, 0.4) is 0 Å². The molecule has 262 valence electrons. The quantitative estimate of drug-likeness (QED) is 0.176. The van der Waals surface area contributed by atoms with E-state index in [2.05, 4.69) is 47.6 Å². The van der Waals surface area contributed by atoms with E-state index in [1.807, 2.05) is 34.6 Å². The number of rotatable bonds is 16. The lowest BCUT2D eigenvalue weighted by molar-refractivity contribution is -0.128. The second-order valence-corrected chi connectivity index (χ2v) is 15.2. The van der Waals surface area contributed by atoms with Crippen molar-refractivity contribution in [3.05, 3.63) is 23.8 Å². The molecule has 1 heterocycles. The molecular weight excluding hydrogens is 582 g/mol. The Morgan fingerprint density at radius 1 is 1.07 bits per heavy atom. The van der Waals surface area contributed by atoms with Crippen molar-refractivity contribution >= 4 is 17.7 Å². The number of aliphatic hydroxyl groups is 1. The Labute approximate surface area is 278 Å². The maximum Gasteiger partial charge on any atom is 0.407 e. The maximum absolute atomic E-state index is 13.5. The van der Waals surface area contributed by atoms with Crippen molar-refractivity contribution in [1.82, 2.24) is 10.6 Å². The fraction of sp³-hybridized carbons (Fsp3) is 0.784. The molecule has 1 aliphatic heterocycles. The van der Waals surface area contributed by atoms with E-state index in [9.17, 15) is 14.7 Å². The number of nitrogens with zero attached hydrogens (tertiary/aromatic N) is 1. The molecule has 0 unspecified atom stereocenters. The Bertz CT molecular complexity index is 1080. The van der Waals surface area contributed by atoms with E-state index in [1.165, 1.54) is 12.0 Å². The number of alkyl carbamates (subject to hydrolysis) is 1. The van der Waals surface area contributed by atoms with E-state index >= 15 is 0 Å². The van der Waals surface area contributed by atoms with Crippen LogP contribution in [-0.4, -0.2) is 74.3 Å². The lowest BCUT2D eigenvalue weighted by Gasteiger charge is -2.34. The first-order chi connectivity index (χ1) is 21.8. The molecule has 0 spiro atoms. The number of benzene rings is 1. The maximum atomic E-state index is 13.5. The summed E-state index contributed by atoms with van der Waals surface area (Å²) in [7, 11) is 1.73. The summed E-state index contributed by atoms with van der Waals surface area (Å²) in [6.07, 6.45) is 6.62. The molecule has 46 heavy (non-hydrogen) atoms. The summed E-state index contributed by atoms with van der Waals surface area (Å²) < 4.78 is 16.9. The van der Waals surface area contributed by atoms with Crippen LogP contribution in [0.25, 0.3) is 0 Å². The van der Waals surface area contributed by atoms with Crippen molar-refractivity contribution in [3.8, 4) is 5.75 Å². The molecule has 0 aromatic heterocycles. The largest absolute Gasteiger partial charge is 0.490 e. The second-order valence-electron chi connectivity index (χ2n) is 15.2. The molecule has 9 heteroatoms. The number of nitrogens with one attached hydrogen (secondary N) is 2. The van der Waals surface area contributed by atoms with Gasteiger partial charge in [0.2, 0.25) is 5.91 Å². The molecule has 1 aliphatic carbocycles. The van der Waals surface area contributed by atoms with Gasteiger partial charge >= 0.3 is 6.09 Å². The molecule has 4 atom stereocenters. The smallest absolute Gasteiger partial charge is 0.407 e. The second kappa shape index (κ2) is 18.1. The highest BCUT2D eigenvalue weighted by Gasteiger charge is 2.34. The lowest BCUT2D eigenvalue weighted by Crippen LogP contribution is -2.49. The van der Waals surface area contributed by atoms with Gasteiger partial charge in [-0.05, 0) is 94.7 Å². The van der Waals surface area contributed by atoms with Gasteiger partial charge < -0.3 is 34.9 Å². The topological polar surface area (TPSA) is 109 Å². The number of ether oxygens (including phenoxy) is 3. The monoisotopic (exact) mass is 645 g/mol. The van der Waals surface area contributed by atoms with Crippen LogP contribution in [0.4, 0.5) is 10.5 Å². The molecule has 1 saturated carbocycles. The number of hydrogen-bond donors (Lipinski definition) is 3. The highest BCUT2D eigenvalue weighted by molar-refractivity contribution is 5.79. The van der Waals surface area contributed by atoms with Gasteiger partial charge in [0.05, 0.1) is 24.4 Å². The van der Waals surface area contributed by atoms with E-state index in [-0.39, 0.29) is 42.0 Å². The van der Waals surface area contributed by atoms with Crippen LogP contribution in [-0.2, 0) is 20.7 Å². The van der Waals surface area contributed by atoms with Crippen LogP contribution >= 0.6 is 0 Å². The minimum Gasteiger partial charge on any atom is -0.490 e. The van der Waals surface area contributed by atoms with Gasteiger partial charge in [-0.3, -0.25) is 4.79 Å². The number of methoxy groups -OCH3 is 1. The normalized spacial score (nSPS) is 18.4. The van der Waals surface area contributed by atoms with Crippen LogP contribution in [0, 0.1) is 23.7 Å². The van der Waals surface area contributed by atoms with E-state index in [4.69, 9.17) is 14.2 Å². The Hall–Kier alpha value is -2.52. The third kappa shape index (κ3) is 12.3. The number of amides is 2. The SMILES string of the molecule is COCCCN1CCOc2ccc(C[C@@H](C[C@H](NC(=O)OC(C)(C)C)[C@@H](O)C[C@H](C(=O)NC3CCCCC3)C(C)C)C(C)C)cc21. The van der Waals surface area contributed by atoms with Gasteiger partial charge in [-0.2, -0.15) is 0 Å². The highest BCUT2D eigenvalue weighted by atomic mass is 16.6. The first-order valence-electron chi connectivity index (χ1n) is 17.7. The number of anilines is 1. The summed E-state index contributed by atoms with van der Waals surface area (Å²) in [4.78, 5) is 28.9. The minimum atomic E-state index is -0.911. The van der Waals surface area contributed by atoms with Crippen molar-refractivity contribution in [2.24, 2.45) is 23.7 Å². The minimum absolute atomic E-state index is 0.00343. The van der Waals surface area contributed by atoms with Gasteiger partial charge in [0.25, 0.3) is 0 Å². The number of hydrogen-bond acceptors (Lipinski definition) is 7. The number of carbonyl (C=O) groups excluding carboxylic acids is 2. The predicted molar refractivity (Wildman–Crippen MR) is 184 cm³/mol. The zero-order valence-electron chi connectivity index (χ0n) is 29.9. The zero-order valence-corrected chi connectivity index (χ0v) is 29.9. The molecule has 1 fully saturated rings. The molecule has 3 N–H and O–H groups in total. The number of carbonyl (C=O) groups is 2. The summed E-state index contributed by atoms with van der Waals surface area (Å²) in [6, 6.07) is 6.06. The van der Waals surface area contributed by atoms with Crippen molar-refractivity contribution in [2.75, 3.05) is 38.3 Å². The van der Waals surface area contributed by atoms with Gasteiger partial charge in [0.1, 0.15) is 18.0 Å². The first-order valence-corrected chi connectivity index (χ1v) is 17.7. The number of fused-ring (bicyclic) bond motifs is 1. The molecule has 0 saturated heterocycles. The van der Waals surface area contributed by atoms with Crippen LogP contribution in [0.15, 0.2) is 18.2 Å². The molecule has 0 radical (unpaired) electrons. The molecule has 3 rings (SSSR count). The summed E-state index contributed by atoms with van der Waals surface area (Å²) >= 11 is 0. The standard InChI is InChI=1S/C37H63N3O6/c1-25(2)28(21-27-15-16-34-32(22-27)40(18-20-45-34)17-12-19-44-8)23-31(39-36(43)46-37(5,6)7)33(41)24-30(26(3)4)35(42)38-29-13-10-9-11-14-29/h15-16,22,25-26,28-31,33,41H,9-14,17-21,23-24H2,1-8H3,(H,38,42)(H,39,43)/t28-,30-,31-,33-/m0/s1. The van der Waals surface area contributed by atoms with E-state index in [0.29, 0.717) is 13.0 Å². The first kappa shape index (κ1) is 37.9. The van der Waals surface area contributed by atoms with Crippen molar-refractivity contribution in [1.29, 1.82) is 0 Å². The van der Waals surface area contributed by atoms with Crippen LogP contribution in [0.1, 0.15) is 105 Å². The molecule has 2 amide bonds. The van der Waals surface area contributed by atoms with Crippen LogP contribution in [0.2, 0.25) is 0 Å². The molecule has 1 aromatic carbocycles. The Morgan fingerprint density at radius 3 is 2.41 bits per heavy atom. The molecule has 1 aromatic rings. The summed E-state index contributed by atoms with van der Waals surface area (Å²) in [5.74, 6) is 1.04. The highest BCUT2D eigenvalue weighted by Crippen LogP contribution is 2.35. The van der Waals surface area contributed by atoms with Gasteiger partial charge in [-0.1, -0.05) is 53.0 Å². The summed E-state index contributed by atoms with van der Waals surface area (Å²) in [5, 5.41) is 18.0.